The Morgan fingerprint density at radius 1 is 0.852 bits per heavy atom. The number of rotatable bonds is 19. The number of nitrogens with two attached hydrogens (primary N) is 1. The molecule has 6 heteroatoms. The number of carboxylic acid groups (broad SMARTS) is 1. The number of ether oxygens (including phenoxy) is 1. The van der Waals surface area contributed by atoms with E-state index in [1.54, 1.807) is 0 Å². The van der Waals surface area contributed by atoms with Gasteiger partial charge in [0.15, 0.2) is 0 Å². The average Bonchev–Trinajstić information content (AvgIpc) is 2.64. The third kappa shape index (κ3) is 17.9. The van der Waals surface area contributed by atoms with Gasteiger partial charge in [-0.1, -0.05) is 77.6 Å². The minimum absolute atomic E-state index is 0.346. The second kappa shape index (κ2) is 19.5. The van der Waals surface area contributed by atoms with Crippen molar-refractivity contribution in [2.45, 2.75) is 109 Å². The molecule has 4 N–H and O–H groups in total. The van der Waals surface area contributed by atoms with Crippen molar-refractivity contribution in [3.63, 3.8) is 0 Å². The van der Waals surface area contributed by atoms with E-state index in [4.69, 9.17) is 15.6 Å². The zero-order valence-corrected chi connectivity index (χ0v) is 17.3. The summed E-state index contributed by atoms with van der Waals surface area (Å²) in [7, 11) is 0. The number of hydrogen-bond acceptors (Lipinski definition) is 4. The molecule has 0 spiro atoms. The van der Waals surface area contributed by atoms with Crippen molar-refractivity contribution >= 4 is 12.1 Å². The zero-order valence-electron chi connectivity index (χ0n) is 17.3. The summed E-state index contributed by atoms with van der Waals surface area (Å²) in [6.45, 7) is 3.11. The van der Waals surface area contributed by atoms with Gasteiger partial charge in [-0.3, -0.25) is 0 Å². The van der Waals surface area contributed by atoms with Gasteiger partial charge in [-0.2, -0.15) is 0 Å². The molecule has 0 bridgehead atoms. The maximum atomic E-state index is 11.7. The summed E-state index contributed by atoms with van der Waals surface area (Å²) < 4.78 is 5.08. The number of nitrogens with one attached hydrogen (secondary N) is 1. The standard InChI is InChI=1S/C21H42N2O4/c1-2-3-4-5-6-7-8-9-10-11-12-15-18-27-21(26)23-19(20(24)25)16-13-14-17-22/h19H,2-18,22H2,1H3,(H,23,26)(H,24,25)/t19-/m0/s1. The van der Waals surface area contributed by atoms with Crippen LogP contribution in [0.5, 0.6) is 0 Å². The molecule has 0 radical (unpaired) electrons. The normalized spacial score (nSPS) is 11.9. The third-order valence-electron chi connectivity index (χ3n) is 4.77. The predicted molar refractivity (Wildman–Crippen MR) is 110 cm³/mol. The van der Waals surface area contributed by atoms with Crippen molar-refractivity contribution in [2.24, 2.45) is 5.73 Å². The molecular formula is C21H42N2O4. The Balaban J connectivity index is 3.47. The molecule has 0 aliphatic carbocycles. The lowest BCUT2D eigenvalue weighted by Crippen LogP contribution is -2.41. The Kier molecular flexibility index (Phi) is 18.5. The van der Waals surface area contributed by atoms with Crippen molar-refractivity contribution in [1.29, 1.82) is 0 Å². The van der Waals surface area contributed by atoms with Crippen molar-refractivity contribution < 1.29 is 19.4 Å². The molecule has 0 heterocycles. The van der Waals surface area contributed by atoms with Crippen LogP contribution in [0.2, 0.25) is 0 Å². The fourth-order valence-corrected chi connectivity index (χ4v) is 3.04. The number of unbranched alkanes of at least 4 members (excludes halogenated alkanes) is 12. The summed E-state index contributed by atoms with van der Waals surface area (Å²) in [4.78, 5) is 22.8. The second-order valence-electron chi connectivity index (χ2n) is 7.34. The van der Waals surface area contributed by atoms with Crippen LogP contribution < -0.4 is 11.1 Å². The molecule has 0 aromatic carbocycles. The molecule has 0 aromatic rings. The van der Waals surface area contributed by atoms with Crippen LogP contribution >= 0.6 is 0 Å². The highest BCUT2D eigenvalue weighted by Crippen LogP contribution is 2.12. The van der Waals surface area contributed by atoms with Gasteiger partial charge in [0, 0.05) is 0 Å². The smallest absolute Gasteiger partial charge is 0.407 e. The van der Waals surface area contributed by atoms with Crippen molar-refractivity contribution in [2.75, 3.05) is 13.2 Å². The average molecular weight is 387 g/mol. The van der Waals surface area contributed by atoms with Gasteiger partial charge in [0.2, 0.25) is 0 Å². The fraction of sp³-hybridized carbons (Fsp3) is 0.905. The van der Waals surface area contributed by atoms with Crippen LogP contribution in [0, 0.1) is 0 Å². The van der Waals surface area contributed by atoms with Gasteiger partial charge >= 0.3 is 12.1 Å². The van der Waals surface area contributed by atoms with Crippen molar-refractivity contribution in [1.82, 2.24) is 5.32 Å². The van der Waals surface area contributed by atoms with E-state index < -0.39 is 18.1 Å². The number of hydrogen-bond donors (Lipinski definition) is 3. The summed E-state index contributed by atoms with van der Waals surface area (Å²) in [5, 5.41) is 11.5. The Morgan fingerprint density at radius 3 is 1.85 bits per heavy atom. The highest BCUT2D eigenvalue weighted by molar-refractivity contribution is 5.79. The molecule has 0 unspecified atom stereocenters. The van der Waals surface area contributed by atoms with E-state index in [9.17, 15) is 9.59 Å². The van der Waals surface area contributed by atoms with Crippen LogP contribution in [0.4, 0.5) is 4.79 Å². The summed E-state index contributed by atoms with van der Waals surface area (Å²) >= 11 is 0. The van der Waals surface area contributed by atoms with E-state index in [2.05, 4.69) is 12.2 Å². The Hall–Kier alpha value is -1.30. The summed E-state index contributed by atoms with van der Waals surface area (Å²) in [5.41, 5.74) is 5.39. The minimum atomic E-state index is -1.03. The molecule has 0 fully saturated rings. The van der Waals surface area contributed by atoms with Gasteiger partial charge in [-0.05, 0) is 32.2 Å². The van der Waals surface area contributed by atoms with Gasteiger partial charge in [0.25, 0.3) is 0 Å². The quantitative estimate of drug-likeness (QED) is 0.271. The van der Waals surface area contributed by atoms with E-state index in [0.717, 1.165) is 25.7 Å². The first-order valence-corrected chi connectivity index (χ1v) is 11.0. The van der Waals surface area contributed by atoms with Gasteiger partial charge in [0.1, 0.15) is 6.04 Å². The van der Waals surface area contributed by atoms with Crippen LogP contribution in [-0.2, 0) is 9.53 Å². The molecule has 1 atom stereocenters. The summed E-state index contributed by atoms with van der Waals surface area (Å²) in [6.07, 6.45) is 16.2. The largest absolute Gasteiger partial charge is 0.480 e. The van der Waals surface area contributed by atoms with Gasteiger partial charge in [-0.15, -0.1) is 0 Å². The molecule has 160 valence electrons. The number of amides is 1. The molecular weight excluding hydrogens is 344 g/mol. The molecule has 6 nitrogen and oxygen atoms in total. The first-order chi connectivity index (χ1) is 13.1. The SMILES string of the molecule is CCCCCCCCCCCCCCOC(=O)N[C@@H](CCCCN)C(=O)O. The molecule has 0 saturated heterocycles. The molecule has 0 saturated carbocycles. The minimum Gasteiger partial charge on any atom is -0.480 e. The topological polar surface area (TPSA) is 102 Å². The van der Waals surface area contributed by atoms with E-state index in [0.29, 0.717) is 26.0 Å². The van der Waals surface area contributed by atoms with E-state index in [-0.39, 0.29) is 0 Å². The Bertz CT molecular complexity index is 364. The maximum Gasteiger partial charge on any atom is 0.407 e. The number of alkyl carbamates (subject to hydrolysis) is 1. The lowest BCUT2D eigenvalue weighted by Gasteiger charge is -2.14. The van der Waals surface area contributed by atoms with E-state index in [1.165, 1.54) is 57.8 Å². The number of aliphatic carboxylic acids is 1. The molecule has 0 aliphatic heterocycles. The summed E-state index contributed by atoms with van der Waals surface area (Å²) in [5.74, 6) is -1.03. The third-order valence-corrected chi connectivity index (χ3v) is 4.77. The highest BCUT2D eigenvalue weighted by Gasteiger charge is 2.19. The fourth-order valence-electron chi connectivity index (χ4n) is 3.04. The number of carbonyl (C=O) groups is 2. The monoisotopic (exact) mass is 386 g/mol. The van der Waals surface area contributed by atoms with Crippen LogP contribution in [0.25, 0.3) is 0 Å². The molecule has 27 heavy (non-hydrogen) atoms. The zero-order chi connectivity index (χ0) is 20.2. The first-order valence-electron chi connectivity index (χ1n) is 11.0. The van der Waals surface area contributed by atoms with E-state index >= 15 is 0 Å². The first kappa shape index (κ1) is 25.7. The van der Waals surface area contributed by atoms with Crippen LogP contribution in [-0.4, -0.2) is 36.4 Å². The van der Waals surface area contributed by atoms with Gasteiger partial charge in [-0.25, -0.2) is 9.59 Å². The van der Waals surface area contributed by atoms with Gasteiger partial charge in [0.05, 0.1) is 6.61 Å². The highest BCUT2D eigenvalue weighted by atomic mass is 16.5. The van der Waals surface area contributed by atoms with Gasteiger partial charge < -0.3 is 20.9 Å². The van der Waals surface area contributed by atoms with Crippen LogP contribution in [0.3, 0.4) is 0 Å². The lowest BCUT2D eigenvalue weighted by molar-refractivity contribution is -0.139. The van der Waals surface area contributed by atoms with Crippen LogP contribution in [0.15, 0.2) is 0 Å². The summed E-state index contributed by atoms with van der Waals surface area (Å²) in [6, 6.07) is -0.897. The lowest BCUT2D eigenvalue weighted by atomic mass is 10.1. The number of carbonyl (C=O) groups excluding carboxylic acids is 1. The Morgan fingerprint density at radius 2 is 1.37 bits per heavy atom. The number of carboxylic acids is 1. The Labute approximate surface area is 165 Å². The molecule has 1 amide bonds. The predicted octanol–water partition coefficient (Wildman–Crippen LogP) is 5.00. The van der Waals surface area contributed by atoms with E-state index in [1.807, 2.05) is 0 Å². The van der Waals surface area contributed by atoms with Crippen molar-refractivity contribution in [3.8, 4) is 0 Å². The molecule has 0 aromatic heterocycles. The molecule has 0 rings (SSSR count). The second-order valence-corrected chi connectivity index (χ2v) is 7.34. The van der Waals surface area contributed by atoms with Crippen molar-refractivity contribution in [3.05, 3.63) is 0 Å². The molecule has 0 aliphatic rings. The van der Waals surface area contributed by atoms with Crippen LogP contribution in [0.1, 0.15) is 103 Å². The maximum absolute atomic E-state index is 11.7.